The van der Waals surface area contributed by atoms with Gasteiger partial charge >= 0.3 is 12.2 Å². The number of carbonyl (C=O) groups is 1. The van der Waals surface area contributed by atoms with Crippen LogP contribution < -0.4 is 10.6 Å². The zero-order valence-electron chi connectivity index (χ0n) is 15.1. The molecule has 0 aliphatic rings. The van der Waals surface area contributed by atoms with Gasteiger partial charge in [-0.05, 0) is 35.9 Å². The normalized spacial score (nSPS) is 12.3. The second-order valence-electron chi connectivity index (χ2n) is 6.27. The zero-order chi connectivity index (χ0) is 21.9. The minimum absolute atomic E-state index is 0.237. The molecule has 0 saturated carbocycles. The van der Waals surface area contributed by atoms with Crippen molar-refractivity contribution in [2.45, 2.75) is 12.2 Å². The van der Waals surface area contributed by atoms with Gasteiger partial charge in [-0.15, -0.1) is 0 Å². The summed E-state index contributed by atoms with van der Waals surface area (Å²) in [6, 6.07) is 10.3. The number of nitrogens with one attached hydrogen (secondary N) is 2. The quantitative estimate of drug-likeness (QED) is 0.493. The van der Waals surface area contributed by atoms with Crippen LogP contribution in [-0.2, 0) is 6.18 Å². The Bertz CT molecular complexity index is 1030. The average molecular weight is 424 g/mol. The van der Waals surface area contributed by atoms with Gasteiger partial charge in [0.05, 0.1) is 22.9 Å². The summed E-state index contributed by atoms with van der Waals surface area (Å²) in [5.74, 6) is -3.14. The number of halogens is 6. The number of anilines is 1. The SMILES string of the molecule is O=C(Nc1ccc(C(F)(F)F)cc1F)NC(c1ccccc1)c1c(F)cccc1F. The number of rotatable bonds is 4. The lowest BCUT2D eigenvalue weighted by Gasteiger charge is -2.21. The minimum Gasteiger partial charge on any atom is -0.327 e. The second kappa shape index (κ2) is 8.48. The summed E-state index contributed by atoms with van der Waals surface area (Å²) in [5.41, 5.74) is -1.85. The van der Waals surface area contributed by atoms with Crippen molar-refractivity contribution >= 4 is 11.7 Å². The molecule has 9 heteroatoms. The Morgan fingerprint density at radius 1 is 0.800 bits per heavy atom. The molecule has 3 aromatic carbocycles. The van der Waals surface area contributed by atoms with Crippen LogP contribution >= 0.6 is 0 Å². The Hall–Kier alpha value is -3.49. The molecule has 0 aliphatic heterocycles. The van der Waals surface area contributed by atoms with Gasteiger partial charge in [0.2, 0.25) is 0 Å². The van der Waals surface area contributed by atoms with Crippen LogP contribution in [0.1, 0.15) is 22.7 Å². The summed E-state index contributed by atoms with van der Waals surface area (Å²) in [6.45, 7) is 0. The van der Waals surface area contributed by atoms with E-state index in [9.17, 15) is 31.1 Å². The van der Waals surface area contributed by atoms with E-state index in [0.29, 0.717) is 11.6 Å². The molecule has 0 radical (unpaired) electrons. The predicted octanol–water partition coefficient (Wildman–Crippen LogP) is 6.03. The molecule has 1 unspecified atom stereocenters. The lowest BCUT2D eigenvalue weighted by atomic mass is 9.98. The molecule has 3 rings (SSSR count). The molecule has 3 nitrogen and oxygen atoms in total. The number of amides is 2. The third-order valence-electron chi connectivity index (χ3n) is 4.24. The van der Waals surface area contributed by atoms with Crippen LogP contribution in [-0.4, -0.2) is 6.03 Å². The minimum atomic E-state index is -4.75. The van der Waals surface area contributed by atoms with Gasteiger partial charge in [0.15, 0.2) is 0 Å². The number of alkyl halides is 3. The Morgan fingerprint density at radius 2 is 1.43 bits per heavy atom. The number of urea groups is 1. The Kier molecular flexibility index (Phi) is 6.00. The molecular formula is C21H14F6N2O. The van der Waals surface area contributed by atoms with Gasteiger partial charge in [-0.1, -0.05) is 36.4 Å². The average Bonchev–Trinajstić information content (AvgIpc) is 2.68. The third-order valence-corrected chi connectivity index (χ3v) is 4.24. The molecule has 0 heterocycles. The Balaban J connectivity index is 1.88. The maximum atomic E-state index is 14.3. The maximum absolute atomic E-state index is 14.3. The number of hydrogen-bond donors (Lipinski definition) is 2. The molecule has 156 valence electrons. The topological polar surface area (TPSA) is 41.1 Å². The van der Waals surface area contributed by atoms with Crippen LogP contribution in [0.5, 0.6) is 0 Å². The molecule has 2 amide bonds. The largest absolute Gasteiger partial charge is 0.416 e. The highest BCUT2D eigenvalue weighted by Gasteiger charge is 2.31. The van der Waals surface area contributed by atoms with E-state index in [1.165, 1.54) is 12.1 Å². The highest BCUT2D eigenvalue weighted by atomic mass is 19.4. The summed E-state index contributed by atoms with van der Waals surface area (Å²) in [7, 11) is 0. The van der Waals surface area contributed by atoms with E-state index < -0.39 is 52.5 Å². The smallest absolute Gasteiger partial charge is 0.327 e. The van der Waals surface area contributed by atoms with Crippen molar-refractivity contribution in [1.82, 2.24) is 5.32 Å². The van der Waals surface area contributed by atoms with Gasteiger partial charge < -0.3 is 10.6 Å². The fourth-order valence-corrected chi connectivity index (χ4v) is 2.84. The van der Waals surface area contributed by atoms with Crippen molar-refractivity contribution in [1.29, 1.82) is 0 Å². The maximum Gasteiger partial charge on any atom is 0.416 e. The first kappa shape index (κ1) is 21.2. The van der Waals surface area contributed by atoms with Crippen molar-refractivity contribution in [3.63, 3.8) is 0 Å². The van der Waals surface area contributed by atoms with E-state index in [1.807, 2.05) is 0 Å². The summed E-state index contributed by atoms with van der Waals surface area (Å²) < 4.78 is 80.5. The van der Waals surface area contributed by atoms with Gasteiger partial charge in [-0.2, -0.15) is 13.2 Å². The van der Waals surface area contributed by atoms with Crippen LogP contribution in [0, 0.1) is 17.5 Å². The summed E-state index contributed by atoms with van der Waals surface area (Å²) in [6.07, 6.45) is -4.75. The highest BCUT2D eigenvalue weighted by molar-refractivity contribution is 5.90. The predicted molar refractivity (Wildman–Crippen MR) is 98.2 cm³/mol. The zero-order valence-corrected chi connectivity index (χ0v) is 15.1. The van der Waals surface area contributed by atoms with Crippen LogP contribution in [0.25, 0.3) is 0 Å². The van der Waals surface area contributed by atoms with Crippen LogP contribution in [0.2, 0.25) is 0 Å². The second-order valence-corrected chi connectivity index (χ2v) is 6.27. The highest BCUT2D eigenvalue weighted by Crippen LogP contribution is 2.31. The van der Waals surface area contributed by atoms with E-state index >= 15 is 0 Å². The van der Waals surface area contributed by atoms with E-state index in [1.54, 1.807) is 18.2 Å². The molecule has 0 spiro atoms. The summed E-state index contributed by atoms with van der Waals surface area (Å²) in [4.78, 5) is 12.4. The first-order chi connectivity index (χ1) is 14.2. The first-order valence-corrected chi connectivity index (χ1v) is 8.60. The molecule has 0 aliphatic carbocycles. The molecule has 0 aromatic heterocycles. The van der Waals surface area contributed by atoms with Crippen molar-refractivity contribution in [3.05, 3.63) is 101 Å². The van der Waals surface area contributed by atoms with Gasteiger partial charge in [0.25, 0.3) is 0 Å². The fourth-order valence-electron chi connectivity index (χ4n) is 2.84. The molecule has 0 saturated heterocycles. The van der Waals surface area contributed by atoms with E-state index in [0.717, 1.165) is 24.3 Å². The first-order valence-electron chi connectivity index (χ1n) is 8.60. The molecular weight excluding hydrogens is 410 g/mol. The van der Waals surface area contributed by atoms with E-state index in [4.69, 9.17) is 0 Å². The van der Waals surface area contributed by atoms with Crippen molar-refractivity contribution in [2.75, 3.05) is 5.32 Å². The van der Waals surface area contributed by atoms with Gasteiger partial charge in [0.1, 0.15) is 17.5 Å². The molecule has 30 heavy (non-hydrogen) atoms. The van der Waals surface area contributed by atoms with Crippen molar-refractivity contribution in [3.8, 4) is 0 Å². The lowest BCUT2D eigenvalue weighted by Crippen LogP contribution is -2.34. The molecule has 1 atom stereocenters. The standard InChI is InChI=1S/C21H14F6N2O/c22-14-7-4-8-15(23)18(14)19(12-5-2-1-3-6-12)29-20(30)28-17-10-9-13(11-16(17)24)21(25,26)27/h1-11,19H,(H2,28,29,30). The molecule has 3 aromatic rings. The van der Waals surface area contributed by atoms with Crippen LogP contribution in [0.15, 0.2) is 66.7 Å². The van der Waals surface area contributed by atoms with Crippen molar-refractivity contribution < 1.29 is 31.1 Å². The van der Waals surface area contributed by atoms with Gasteiger partial charge in [-0.3, -0.25) is 0 Å². The Labute approximate surface area is 167 Å². The third kappa shape index (κ3) is 4.73. The van der Waals surface area contributed by atoms with E-state index in [-0.39, 0.29) is 6.07 Å². The summed E-state index contributed by atoms with van der Waals surface area (Å²) in [5, 5.41) is 4.39. The van der Waals surface area contributed by atoms with Crippen molar-refractivity contribution in [2.24, 2.45) is 0 Å². The van der Waals surface area contributed by atoms with E-state index in [2.05, 4.69) is 10.6 Å². The Morgan fingerprint density at radius 3 is 2.00 bits per heavy atom. The van der Waals surface area contributed by atoms with Gasteiger partial charge in [0, 0.05) is 0 Å². The molecule has 2 N–H and O–H groups in total. The fraction of sp³-hybridized carbons (Fsp3) is 0.0952. The number of carbonyl (C=O) groups excluding carboxylic acids is 1. The lowest BCUT2D eigenvalue weighted by molar-refractivity contribution is -0.137. The number of hydrogen-bond acceptors (Lipinski definition) is 1. The molecule has 0 bridgehead atoms. The van der Waals surface area contributed by atoms with Crippen LogP contribution in [0.3, 0.4) is 0 Å². The molecule has 0 fully saturated rings. The monoisotopic (exact) mass is 424 g/mol. The van der Waals surface area contributed by atoms with Crippen LogP contribution in [0.4, 0.5) is 36.8 Å². The van der Waals surface area contributed by atoms with Gasteiger partial charge in [-0.25, -0.2) is 18.0 Å². The number of benzene rings is 3. The summed E-state index contributed by atoms with van der Waals surface area (Å²) >= 11 is 0.